The van der Waals surface area contributed by atoms with Crippen LogP contribution in [0.5, 0.6) is 0 Å². The first kappa shape index (κ1) is 25.3. The standard InChI is InChI=1S/C31H46O5/c1-16(15-32)17(2)26(34)31(35)19(4)25-23(36-31)14-28(7)24-9-8-21-18(3)22(33)10-11-29(21)20(5)30(24,29)13-12-27(25,28)6/h10-11,16,18-21,23-26,32,34-35H,2,8-9,12-15H2,1,3-7H3. The van der Waals surface area contributed by atoms with Gasteiger partial charge in [0.25, 0.3) is 0 Å². The van der Waals surface area contributed by atoms with Crippen LogP contribution in [0.4, 0.5) is 0 Å². The van der Waals surface area contributed by atoms with Gasteiger partial charge in [-0.3, -0.25) is 4.79 Å². The molecule has 3 N–H and O–H groups in total. The number of hydrogen-bond donors (Lipinski definition) is 3. The smallest absolute Gasteiger partial charge is 0.199 e. The zero-order valence-electron chi connectivity index (χ0n) is 23.0. The van der Waals surface area contributed by atoms with Crippen molar-refractivity contribution in [2.75, 3.05) is 6.61 Å². The van der Waals surface area contributed by atoms with Gasteiger partial charge in [0.15, 0.2) is 11.6 Å². The molecule has 1 aliphatic heterocycles. The van der Waals surface area contributed by atoms with Gasteiger partial charge >= 0.3 is 0 Å². The van der Waals surface area contributed by atoms with Crippen LogP contribution in [0.1, 0.15) is 73.6 Å². The molecule has 0 bridgehead atoms. The molecular formula is C31H46O5. The van der Waals surface area contributed by atoms with Crippen LogP contribution in [0.2, 0.25) is 0 Å². The maximum Gasteiger partial charge on any atom is 0.199 e. The molecule has 4 saturated carbocycles. The third-order valence-corrected chi connectivity index (χ3v) is 13.9. The lowest BCUT2D eigenvalue weighted by Crippen LogP contribution is -2.57. The van der Waals surface area contributed by atoms with Crippen molar-refractivity contribution in [2.45, 2.75) is 91.6 Å². The van der Waals surface area contributed by atoms with E-state index in [1.54, 1.807) is 0 Å². The predicted octanol–water partition coefficient (Wildman–Crippen LogP) is 4.51. The largest absolute Gasteiger partial charge is 0.396 e. The number of carbonyl (C=O) groups is 1. The number of fused-ring (bicyclic) bond motifs is 4. The Hall–Kier alpha value is -1.01. The van der Waals surface area contributed by atoms with Gasteiger partial charge in [0.05, 0.1) is 6.10 Å². The molecule has 5 fully saturated rings. The van der Waals surface area contributed by atoms with Crippen LogP contribution in [0.15, 0.2) is 24.3 Å². The van der Waals surface area contributed by atoms with Crippen molar-refractivity contribution in [3.8, 4) is 0 Å². The maximum absolute atomic E-state index is 12.6. The minimum absolute atomic E-state index is 0.00270. The van der Waals surface area contributed by atoms with Gasteiger partial charge in [-0.2, -0.15) is 0 Å². The molecule has 14 atom stereocenters. The van der Waals surface area contributed by atoms with E-state index < -0.39 is 11.9 Å². The zero-order chi connectivity index (χ0) is 26.2. The van der Waals surface area contributed by atoms with Crippen molar-refractivity contribution < 1.29 is 24.9 Å². The Balaban J connectivity index is 1.34. The highest BCUT2D eigenvalue weighted by atomic mass is 16.7. The first-order valence-electron chi connectivity index (χ1n) is 14.4. The van der Waals surface area contributed by atoms with Crippen LogP contribution in [-0.2, 0) is 9.53 Å². The van der Waals surface area contributed by atoms with E-state index in [1.807, 2.05) is 19.9 Å². The summed E-state index contributed by atoms with van der Waals surface area (Å²) < 4.78 is 6.48. The number of ether oxygens (including phenoxy) is 1. The van der Waals surface area contributed by atoms with Gasteiger partial charge in [-0.15, -0.1) is 0 Å². The van der Waals surface area contributed by atoms with Crippen LogP contribution < -0.4 is 0 Å². The van der Waals surface area contributed by atoms with E-state index in [-0.39, 0.29) is 58.0 Å². The fourth-order valence-corrected chi connectivity index (χ4v) is 11.7. The average molecular weight is 499 g/mol. The van der Waals surface area contributed by atoms with E-state index in [9.17, 15) is 20.1 Å². The van der Waals surface area contributed by atoms with Gasteiger partial charge in [-0.05, 0) is 83.7 Å². The lowest BCUT2D eigenvalue weighted by Gasteiger charge is -2.61. The molecule has 1 saturated heterocycles. The van der Waals surface area contributed by atoms with Crippen molar-refractivity contribution in [1.82, 2.24) is 0 Å². The van der Waals surface area contributed by atoms with E-state index in [1.165, 1.54) is 6.42 Å². The summed E-state index contributed by atoms with van der Waals surface area (Å²) in [7, 11) is 0. The molecule has 0 radical (unpaired) electrons. The topological polar surface area (TPSA) is 87.0 Å². The van der Waals surface area contributed by atoms with E-state index in [0.717, 1.165) is 25.7 Å². The lowest BCUT2D eigenvalue weighted by molar-refractivity contribution is -0.262. The Morgan fingerprint density at radius 1 is 1.19 bits per heavy atom. The van der Waals surface area contributed by atoms with Gasteiger partial charge in [0, 0.05) is 29.8 Å². The zero-order valence-corrected chi connectivity index (χ0v) is 23.0. The lowest BCUT2D eigenvalue weighted by atomic mass is 9.43. The Bertz CT molecular complexity index is 1040. The first-order chi connectivity index (χ1) is 16.8. The number of hydrogen-bond acceptors (Lipinski definition) is 5. The third-order valence-electron chi connectivity index (χ3n) is 13.9. The molecule has 0 aromatic carbocycles. The van der Waals surface area contributed by atoms with Gasteiger partial charge in [-0.1, -0.05) is 54.2 Å². The van der Waals surface area contributed by atoms with Crippen molar-refractivity contribution in [3.05, 3.63) is 24.3 Å². The molecule has 2 spiro atoms. The molecule has 6 rings (SSSR count). The Morgan fingerprint density at radius 3 is 2.56 bits per heavy atom. The quantitative estimate of drug-likeness (QED) is 0.497. The summed E-state index contributed by atoms with van der Waals surface area (Å²) in [5.74, 6) is -0.0179. The second-order valence-electron chi connectivity index (χ2n) is 14.3. The Labute approximate surface area is 216 Å². The van der Waals surface area contributed by atoms with Crippen molar-refractivity contribution in [1.29, 1.82) is 0 Å². The number of rotatable bonds is 4. The van der Waals surface area contributed by atoms with Crippen LogP contribution in [0, 0.1) is 63.1 Å². The molecule has 0 amide bonds. The number of carbonyl (C=O) groups excluding carboxylic acids is 1. The van der Waals surface area contributed by atoms with Crippen molar-refractivity contribution in [2.24, 2.45) is 63.1 Å². The number of aliphatic hydroxyl groups is 3. The molecule has 6 aliphatic rings. The number of ketones is 1. The van der Waals surface area contributed by atoms with E-state index >= 15 is 0 Å². The van der Waals surface area contributed by atoms with Crippen LogP contribution >= 0.6 is 0 Å². The molecule has 200 valence electrons. The highest BCUT2D eigenvalue weighted by Crippen LogP contribution is 2.90. The van der Waals surface area contributed by atoms with Crippen LogP contribution in [0.25, 0.3) is 0 Å². The summed E-state index contributed by atoms with van der Waals surface area (Å²) in [5.41, 5.74) is 0.933. The summed E-state index contributed by atoms with van der Waals surface area (Å²) >= 11 is 0. The summed E-state index contributed by atoms with van der Waals surface area (Å²) in [6.45, 7) is 17.3. The molecule has 5 nitrogen and oxygen atoms in total. The first-order valence-corrected chi connectivity index (χ1v) is 14.4. The molecule has 5 aliphatic carbocycles. The second kappa shape index (κ2) is 7.34. The van der Waals surface area contributed by atoms with Gasteiger partial charge in [-0.25, -0.2) is 0 Å². The van der Waals surface area contributed by atoms with Gasteiger partial charge < -0.3 is 20.1 Å². The van der Waals surface area contributed by atoms with E-state index in [2.05, 4.69) is 40.3 Å². The summed E-state index contributed by atoms with van der Waals surface area (Å²) in [6.07, 6.45) is 8.34. The fourth-order valence-electron chi connectivity index (χ4n) is 11.7. The highest BCUT2D eigenvalue weighted by Gasteiger charge is 2.86. The molecule has 5 heteroatoms. The average Bonchev–Trinajstić information content (AvgIpc) is 3.13. The molecule has 0 aromatic heterocycles. The molecule has 1 heterocycles. The summed E-state index contributed by atoms with van der Waals surface area (Å²) in [6, 6.07) is 0. The van der Waals surface area contributed by atoms with Crippen LogP contribution in [-0.4, -0.2) is 45.7 Å². The van der Waals surface area contributed by atoms with E-state index in [4.69, 9.17) is 4.74 Å². The fraction of sp³-hybridized carbons (Fsp3) is 0.839. The molecule has 0 aromatic rings. The molecule has 14 unspecified atom stereocenters. The van der Waals surface area contributed by atoms with E-state index in [0.29, 0.717) is 29.1 Å². The monoisotopic (exact) mass is 498 g/mol. The summed E-state index contributed by atoms with van der Waals surface area (Å²) in [5, 5.41) is 32.5. The van der Waals surface area contributed by atoms with Crippen LogP contribution in [0.3, 0.4) is 0 Å². The second-order valence-corrected chi connectivity index (χ2v) is 14.3. The van der Waals surface area contributed by atoms with Crippen molar-refractivity contribution >= 4 is 5.78 Å². The Kier molecular flexibility index (Phi) is 5.15. The third kappa shape index (κ3) is 2.47. The van der Waals surface area contributed by atoms with Crippen molar-refractivity contribution in [3.63, 3.8) is 0 Å². The summed E-state index contributed by atoms with van der Waals surface area (Å²) in [4.78, 5) is 12.6. The minimum atomic E-state index is -1.68. The normalized spacial score (nSPS) is 58.2. The minimum Gasteiger partial charge on any atom is -0.396 e. The highest BCUT2D eigenvalue weighted by molar-refractivity contribution is 5.93. The SMILES string of the molecule is C=C(C(C)CO)C(O)C1(O)OC2CC3(C)C4CCC5C(C)C(=O)C=CC56C(C)C46CCC3(C)C2C1C. The Morgan fingerprint density at radius 2 is 1.89 bits per heavy atom. The van der Waals surface area contributed by atoms with Gasteiger partial charge in [0.1, 0.15) is 6.10 Å². The van der Waals surface area contributed by atoms with Gasteiger partial charge in [0.2, 0.25) is 0 Å². The molecular weight excluding hydrogens is 452 g/mol. The number of aliphatic hydroxyl groups excluding tert-OH is 2. The molecule has 36 heavy (non-hydrogen) atoms. The maximum atomic E-state index is 12.6. The predicted molar refractivity (Wildman–Crippen MR) is 137 cm³/mol. The number of allylic oxidation sites excluding steroid dienone is 2.